The lowest BCUT2D eigenvalue weighted by molar-refractivity contribution is -0.138. The number of nitrogens with zero attached hydrogens (tertiary/aromatic N) is 3. The maximum absolute atomic E-state index is 13.9. The molecule has 9 nitrogen and oxygen atoms in total. The monoisotopic (exact) mass is 537 g/mol. The Morgan fingerprint density at radius 1 is 1.08 bits per heavy atom. The topological polar surface area (TPSA) is 95.9 Å². The number of rotatable bonds is 10. The molecule has 2 saturated heterocycles. The van der Waals surface area contributed by atoms with E-state index in [-0.39, 0.29) is 35.6 Å². The quantitative estimate of drug-likeness (QED) is 0.454. The second-order valence-corrected chi connectivity index (χ2v) is 11.5. The summed E-state index contributed by atoms with van der Waals surface area (Å²) in [5.74, 6) is 0.0936. The van der Waals surface area contributed by atoms with Gasteiger partial charge in [-0.2, -0.15) is 0 Å². The minimum atomic E-state index is -0.153. The van der Waals surface area contributed by atoms with Gasteiger partial charge in [-0.25, -0.2) is 0 Å². The summed E-state index contributed by atoms with van der Waals surface area (Å²) in [6.07, 6.45) is 7.31. The van der Waals surface area contributed by atoms with Gasteiger partial charge in [-0.1, -0.05) is 18.2 Å². The number of likely N-dealkylation sites (tertiary alicyclic amines) is 1. The van der Waals surface area contributed by atoms with E-state index >= 15 is 0 Å². The summed E-state index contributed by atoms with van der Waals surface area (Å²) < 4.78 is 7.54. The van der Waals surface area contributed by atoms with Crippen LogP contribution in [0.4, 0.5) is 0 Å². The van der Waals surface area contributed by atoms with Gasteiger partial charge in [0, 0.05) is 95.0 Å². The number of carbonyl (C=O) groups excluding carboxylic acids is 3. The predicted molar refractivity (Wildman–Crippen MR) is 150 cm³/mol. The van der Waals surface area contributed by atoms with E-state index in [4.69, 9.17) is 4.74 Å². The van der Waals surface area contributed by atoms with Crippen molar-refractivity contribution >= 4 is 28.6 Å². The zero-order valence-corrected chi connectivity index (χ0v) is 23.4. The van der Waals surface area contributed by atoms with Gasteiger partial charge in [0.15, 0.2) is 0 Å². The Hall–Kier alpha value is -2.91. The standard InChI is InChI=1S/C30H43N5O4/c1-21(36)33-13-10-22(11-14-33)29(37)32-25-16-23(17-31-18-25)30(38)35(26-8-9-26)20-24-19-34(12-5-15-39-2)28-7-4-3-6-27(24)28/h3-4,6-7,19,22-23,25-26,31H,5,8-18,20H2,1-2H3,(H,32,37). The molecule has 3 fully saturated rings. The van der Waals surface area contributed by atoms with Gasteiger partial charge in [-0.05, 0) is 50.2 Å². The number of para-hydroxylation sites is 1. The van der Waals surface area contributed by atoms with Gasteiger partial charge in [-0.15, -0.1) is 0 Å². The zero-order chi connectivity index (χ0) is 27.4. The number of benzene rings is 1. The van der Waals surface area contributed by atoms with E-state index in [0.717, 1.165) is 32.4 Å². The van der Waals surface area contributed by atoms with Crippen LogP contribution >= 0.6 is 0 Å². The molecule has 39 heavy (non-hydrogen) atoms. The Morgan fingerprint density at radius 2 is 1.85 bits per heavy atom. The van der Waals surface area contributed by atoms with Crippen LogP contribution in [-0.4, -0.2) is 84.1 Å². The molecule has 9 heteroatoms. The minimum Gasteiger partial charge on any atom is -0.385 e. The molecule has 1 aliphatic carbocycles. The van der Waals surface area contributed by atoms with Crippen LogP contribution in [0.15, 0.2) is 30.5 Å². The van der Waals surface area contributed by atoms with Gasteiger partial charge < -0.3 is 29.7 Å². The largest absolute Gasteiger partial charge is 0.385 e. The van der Waals surface area contributed by atoms with Crippen molar-refractivity contribution in [3.63, 3.8) is 0 Å². The second kappa shape index (κ2) is 12.5. The fourth-order valence-corrected chi connectivity index (χ4v) is 6.22. The number of aromatic nitrogens is 1. The van der Waals surface area contributed by atoms with Gasteiger partial charge >= 0.3 is 0 Å². The summed E-state index contributed by atoms with van der Waals surface area (Å²) in [5, 5.41) is 7.82. The van der Waals surface area contributed by atoms with Crippen LogP contribution in [0.3, 0.4) is 0 Å². The van der Waals surface area contributed by atoms with Crippen LogP contribution in [0.5, 0.6) is 0 Å². The summed E-state index contributed by atoms with van der Waals surface area (Å²) in [6, 6.07) is 8.68. The lowest BCUT2D eigenvalue weighted by Crippen LogP contribution is -2.54. The highest BCUT2D eigenvalue weighted by Crippen LogP contribution is 2.33. The van der Waals surface area contributed by atoms with Gasteiger partial charge in [0.05, 0.1) is 5.92 Å². The molecular weight excluding hydrogens is 494 g/mol. The number of carbonyl (C=O) groups is 3. The van der Waals surface area contributed by atoms with Crippen molar-refractivity contribution in [3.8, 4) is 0 Å². The van der Waals surface area contributed by atoms with Crippen molar-refractivity contribution in [2.75, 3.05) is 39.9 Å². The van der Waals surface area contributed by atoms with Crippen LogP contribution in [0.25, 0.3) is 10.9 Å². The van der Waals surface area contributed by atoms with Crippen molar-refractivity contribution < 1.29 is 19.1 Å². The zero-order valence-electron chi connectivity index (χ0n) is 23.4. The lowest BCUT2D eigenvalue weighted by Gasteiger charge is -2.35. The molecule has 2 aliphatic heterocycles. The van der Waals surface area contributed by atoms with E-state index in [0.29, 0.717) is 58.0 Å². The molecule has 2 unspecified atom stereocenters. The third kappa shape index (κ3) is 6.64. The molecule has 0 spiro atoms. The van der Waals surface area contributed by atoms with Gasteiger partial charge in [0.2, 0.25) is 17.7 Å². The van der Waals surface area contributed by atoms with Crippen LogP contribution in [0.2, 0.25) is 0 Å². The number of ether oxygens (including phenoxy) is 1. The van der Waals surface area contributed by atoms with E-state index in [1.165, 1.54) is 16.5 Å². The van der Waals surface area contributed by atoms with Crippen molar-refractivity contribution in [3.05, 3.63) is 36.0 Å². The number of methoxy groups -OCH3 is 1. The first kappa shape index (κ1) is 27.6. The number of hydrogen-bond donors (Lipinski definition) is 2. The fraction of sp³-hybridized carbons (Fsp3) is 0.633. The van der Waals surface area contributed by atoms with Crippen molar-refractivity contribution in [2.24, 2.45) is 11.8 Å². The van der Waals surface area contributed by atoms with Crippen molar-refractivity contribution in [1.29, 1.82) is 0 Å². The Morgan fingerprint density at radius 3 is 2.56 bits per heavy atom. The van der Waals surface area contributed by atoms with E-state index < -0.39 is 0 Å². The average molecular weight is 538 g/mol. The van der Waals surface area contributed by atoms with Crippen molar-refractivity contribution in [2.45, 2.75) is 70.6 Å². The molecule has 3 aliphatic rings. The van der Waals surface area contributed by atoms with E-state index in [1.54, 1.807) is 14.0 Å². The normalized spacial score (nSPS) is 22.2. The number of nitrogens with one attached hydrogen (secondary N) is 2. The number of hydrogen-bond acceptors (Lipinski definition) is 5. The molecule has 0 bridgehead atoms. The van der Waals surface area contributed by atoms with E-state index in [9.17, 15) is 14.4 Å². The average Bonchev–Trinajstić information content (AvgIpc) is 3.74. The molecule has 2 N–H and O–H groups in total. The van der Waals surface area contributed by atoms with E-state index in [1.807, 2.05) is 4.90 Å². The molecule has 5 rings (SSSR count). The first-order valence-corrected chi connectivity index (χ1v) is 14.6. The number of aryl methyl sites for hydroxylation is 1. The SMILES string of the molecule is COCCCn1cc(CN(C(=O)C2CNCC(NC(=O)C3CCN(C(C)=O)CC3)C2)C2CC2)c2ccccc21. The molecule has 1 saturated carbocycles. The predicted octanol–water partition coefficient (Wildman–Crippen LogP) is 2.52. The fourth-order valence-electron chi connectivity index (χ4n) is 6.22. The molecule has 1 aromatic heterocycles. The van der Waals surface area contributed by atoms with Gasteiger partial charge in [0.1, 0.15) is 0 Å². The van der Waals surface area contributed by atoms with Crippen LogP contribution < -0.4 is 10.6 Å². The Kier molecular flexibility index (Phi) is 8.87. The number of amides is 3. The maximum atomic E-state index is 13.9. The summed E-state index contributed by atoms with van der Waals surface area (Å²) in [7, 11) is 1.73. The summed E-state index contributed by atoms with van der Waals surface area (Å²) in [6.45, 7) is 6.39. The first-order chi connectivity index (χ1) is 18.9. The molecule has 3 amide bonds. The maximum Gasteiger partial charge on any atom is 0.227 e. The highest BCUT2D eigenvalue weighted by molar-refractivity contribution is 5.85. The molecule has 3 heterocycles. The minimum absolute atomic E-state index is 0.0541. The smallest absolute Gasteiger partial charge is 0.227 e. The Bertz CT molecular complexity index is 1170. The number of fused-ring (bicyclic) bond motifs is 1. The second-order valence-electron chi connectivity index (χ2n) is 11.5. The van der Waals surface area contributed by atoms with Gasteiger partial charge in [0.25, 0.3) is 0 Å². The Labute approximate surface area is 231 Å². The molecule has 1 aromatic carbocycles. The molecule has 2 aromatic rings. The Balaban J connectivity index is 1.22. The molecule has 0 radical (unpaired) electrons. The van der Waals surface area contributed by atoms with Gasteiger partial charge in [-0.3, -0.25) is 14.4 Å². The molecular formula is C30H43N5O4. The number of piperidine rings is 2. The van der Waals surface area contributed by atoms with Crippen LogP contribution in [0.1, 0.15) is 51.0 Å². The highest BCUT2D eigenvalue weighted by Gasteiger charge is 2.38. The summed E-state index contributed by atoms with van der Waals surface area (Å²) >= 11 is 0. The molecule has 212 valence electrons. The molecule has 2 atom stereocenters. The summed E-state index contributed by atoms with van der Waals surface area (Å²) in [4.78, 5) is 42.4. The van der Waals surface area contributed by atoms with Crippen molar-refractivity contribution in [1.82, 2.24) is 25.0 Å². The summed E-state index contributed by atoms with van der Waals surface area (Å²) in [5.41, 5.74) is 2.39. The third-order valence-electron chi connectivity index (χ3n) is 8.59. The first-order valence-electron chi connectivity index (χ1n) is 14.6. The van der Waals surface area contributed by atoms with E-state index in [2.05, 4.69) is 50.6 Å². The highest BCUT2D eigenvalue weighted by atomic mass is 16.5. The van der Waals surface area contributed by atoms with Crippen LogP contribution in [0, 0.1) is 11.8 Å². The van der Waals surface area contributed by atoms with Crippen LogP contribution in [-0.2, 0) is 32.2 Å². The lowest BCUT2D eigenvalue weighted by atomic mass is 9.92. The third-order valence-corrected chi connectivity index (χ3v) is 8.59.